The lowest BCUT2D eigenvalue weighted by Gasteiger charge is -2.32. The number of carbonyl (C=O) groups is 1. The monoisotopic (exact) mass is 348 g/mol. The molecule has 0 saturated heterocycles. The molecule has 4 heteroatoms. The minimum Gasteiger partial charge on any atom is -0.459 e. The molecule has 0 bridgehead atoms. The van der Waals surface area contributed by atoms with Gasteiger partial charge in [0.25, 0.3) is 0 Å². The molecule has 0 aromatic heterocycles. The third-order valence-electron chi connectivity index (χ3n) is 6.04. The van der Waals surface area contributed by atoms with Crippen LogP contribution in [0.3, 0.4) is 0 Å². The Bertz CT molecular complexity index is 521. The summed E-state index contributed by atoms with van der Waals surface area (Å²) in [7, 11) is 2.18. The second-order valence-corrected chi connectivity index (χ2v) is 7.57. The molecule has 0 radical (unpaired) electrons. The highest BCUT2D eigenvalue weighted by Gasteiger charge is 2.36. The number of rotatable bonds is 9. The molecular formula is C21H34NO3+. The van der Waals surface area contributed by atoms with Gasteiger partial charge < -0.3 is 14.3 Å². The maximum atomic E-state index is 12.8. The lowest BCUT2D eigenvalue weighted by Crippen LogP contribution is -2.46. The zero-order chi connectivity index (χ0) is 18.3. The predicted octanol–water partition coefficient (Wildman–Crippen LogP) is 3.35. The molecule has 140 valence electrons. The first-order chi connectivity index (χ1) is 12.0. The smallest absolute Gasteiger partial charge is 0.316 e. The van der Waals surface area contributed by atoms with Crippen molar-refractivity contribution in [2.24, 2.45) is 5.92 Å². The van der Waals surface area contributed by atoms with Crippen LogP contribution in [0.2, 0.25) is 0 Å². The van der Waals surface area contributed by atoms with Crippen molar-refractivity contribution in [3.63, 3.8) is 0 Å². The van der Waals surface area contributed by atoms with E-state index in [1.165, 1.54) is 0 Å². The lowest BCUT2D eigenvalue weighted by molar-refractivity contribution is -0.906. The molecule has 1 saturated carbocycles. The molecule has 0 spiro atoms. The molecule has 0 aliphatic heterocycles. The molecule has 1 aliphatic rings. The van der Waals surface area contributed by atoms with E-state index in [1.54, 1.807) is 0 Å². The summed E-state index contributed by atoms with van der Waals surface area (Å²) in [5, 5.41) is 10.9. The topological polar surface area (TPSA) is 46.5 Å². The Hall–Kier alpha value is -1.39. The number of hydrogen-bond donors (Lipinski definition) is 1. The van der Waals surface area contributed by atoms with Gasteiger partial charge in [0.15, 0.2) is 0 Å². The molecule has 0 unspecified atom stereocenters. The fourth-order valence-electron chi connectivity index (χ4n) is 3.70. The van der Waals surface area contributed by atoms with Crippen LogP contribution < -0.4 is 0 Å². The summed E-state index contributed by atoms with van der Waals surface area (Å²) in [4.78, 5) is 12.8. The number of ether oxygens (including phenoxy) is 1. The Morgan fingerprint density at radius 3 is 2.36 bits per heavy atom. The fraction of sp³-hybridized carbons (Fsp3) is 0.667. The van der Waals surface area contributed by atoms with Crippen molar-refractivity contribution < 1.29 is 19.1 Å². The quantitative estimate of drug-likeness (QED) is 0.550. The molecule has 1 aromatic carbocycles. The van der Waals surface area contributed by atoms with Crippen molar-refractivity contribution in [3.8, 4) is 0 Å². The summed E-state index contributed by atoms with van der Waals surface area (Å²) in [6.07, 6.45) is 3.62. The second kappa shape index (κ2) is 9.35. The van der Waals surface area contributed by atoms with Crippen molar-refractivity contribution in [1.82, 2.24) is 0 Å². The number of benzene rings is 1. The van der Waals surface area contributed by atoms with Gasteiger partial charge in [0.05, 0.1) is 26.2 Å². The third-order valence-corrected chi connectivity index (χ3v) is 6.04. The molecular weight excluding hydrogens is 314 g/mol. The van der Waals surface area contributed by atoms with Crippen LogP contribution >= 0.6 is 0 Å². The fourth-order valence-corrected chi connectivity index (χ4v) is 3.70. The average Bonchev–Trinajstić information content (AvgIpc) is 3.17. The summed E-state index contributed by atoms with van der Waals surface area (Å²) >= 11 is 0. The second-order valence-electron chi connectivity index (χ2n) is 7.57. The summed E-state index contributed by atoms with van der Waals surface area (Å²) in [5.74, 6) is -0.666. The highest BCUT2D eigenvalue weighted by atomic mass is 16.5. The zero-order valence-electron chi connectivity index (χ0n) is 16.0. The lowest BCUT2D eigenvalue weighted by atomic mass is 9.85. The van der Waals surface area contributed by atoms with Gasteiger partial charge in [0.2, 0.25) is 0 Å². The third kappa shape index (κ3) is 5.29. The molecule has 1 N–H and O–H groups in total. The van der Waals surface area contributed by atoms with Crippen LogP contribution in [-0.2, 0) is 9.53 Å². The Morgan fingerprint density at radius 1 is 1.20 bits per heavy atom. The summed E-state index contributed by atoms with van der Waals surface area (Å²) < 4.78 is 6.51. The molecule has 0 heterocycles. The van der Waals surface area contributed by atoms with E-state index in [-0.39, 0.29) is 11.9 Å². The van der Waals surface area contributed by atoms with Crippen LogP contribution in [0.15, 0.2) is 30.3 Å². The maximum absolute atomic E-state index is 12.8. The Morgan fingerprint density at radius 2 is 1.80 bits per heavy atom. The van der Waals surface area contributed by atoms with E-state index >= 15 is 0 Å². The van der Waals surface area contributed by atoms with Gasteiger partial charge in [-0.3, -0.25) is 4.79 Å². The zero-order valence-corrected chi connectivity index (χ0v) is 16.0. The van der Waals surface area contributed by atoms with E-state index in [4.69, 9.17) is 4.74 Å². The van der Waals surface area contributed by atoms with Crippen LogP contribution in [0, 0.1) is 5.92 Å². The number of aliphatic hydroxyl groups excluding tert-OH is 1. The van der Waals surface area contributed by atoms with E-state index in [0.29, 0.717) is 6.61 Å². The maximum Gasteiger partial charge on any atom is 0.316 e. The molecule has 4 nitrogen and oxygen atoms in total. The summed E-state index contributed by atoms with van der Waals surface area (Å²) in [6, 6.07) is 9.60. The Balaban J connectivity index is 2.05. The van der Waals surface area contributed by atoms with Gasteiger partial charge in [-0.1, -0.05) is 43.2 Å². The summed E-state index contributed by atoms with van der Waals surface area (Å²) in [6.45, 7) is 7.54. The molecule has 2 rings (SSSR count). The van der Waals surface area contributed by atoms with Gasteiger partial charge in [0, 0.05) is 0 Å². The number of quaternary nitrogens is 1. The van der Waals surface area contributed by atoms with Crippen molar-refractivity contribution >= 4 is 5.97 Å². The number of esters is 1. The SMILES string of the molecule is CC[N+](C)(CC)CCOC(=O)[C@@H](c1ccccc1)[C@H](O)C1CCCC1. The van der Waals surface area contributed by atoms with E-state index in [1.807, 2.05) is 30.3 Å². The molecule has 25 heavy (non-hydrogen) atoms. The minimum atomic E-state index is -0.657. The van der Waals surface area contributed by atoms with Crippen LogP contribution in [-0.4, -0.2) is 55.0 Å². The van der Waals surface area contributed by atoms with Crippen LogP contribution in [0.4, 0.5) is 0 Å². The van der Waals surface area contributed by atoms with Gasteiger partial charge in [-0.25, -0.2) is 0 Å². The molecule has 0 amide bonds. The van der Waals surface area contributed by atoms with Crippen LogP contribution in [0.1, 0.15) is 51.0 Å². The predicted molar refractivity (Wildman–Crippen MR) is 100 cm³/mol. The largest absolute Gasteiger partial charge is 0.459 e. The van der Waals surface area contributed by atoms with Crippen molar-refractivity contribution in [2.75, 3.05) is 33.3 Å². The van der Waals surface area contributed by atoms with E-state index in [9.17, 15) is 9.90 Å². The number of likely N-dealkylation sites (N-methyl/N-ethyl adjacent to an activating group) is 1. The number of hydrogen-bond acceptors (Lipinski definition) is 3. The van der Waals surface area contributed by atoms with Crippen LogP contribution in [0.25, 0.3) is 0 Å². The van der Waals surface area contributed by atoms with Crippen LogP contribution in [0.5, 0.6) is 0 Å². The first-order valence-electron chi connectivity index (χ1n) is 9.74. The molecule has 1 fully saturated rings. The van der Waals surface area contributed by atoms with Gasteiger partial charge in [0.1, 0.15) is 19.1 Å². The Kier molecular flexibility index (Phi) is 7.45. The first kappa shape index (κ1) is 19.9. The van der Waals surface area contributed by atoms with Gasteiger partial charge >= 0.3 is 5.97 Å². The number of carbonyl (C=O) groups excluding carboxylic acids is 1. The highest BCUT2D eigenvalue weighted by molar-refractivity contribution is 5.79. The number of aliphatic hydroxyl groups is 1. The standard InChI is InChI=1S/C21H34NO3/c1-4-22(3,5-2)15-16-25-21(24)19(17-11-7-6-8-12-17)20(23)18-13-9-10-14-18/h6-8,11-12,18-20,23H,4-5,9-10,13-16H2,1-3H3/q+1/t19-,20+/m0/s1. The van der Waals surface area contributed by atoms with Gasteiger partial charge in [-0.15, -0.1) is 0 Å². The van der Waals surface area contributed by atoms with Gasteiger partial charge in [-0.2, -0.15) is 0 Å². The van der Waals surface area contributed by atoms with E-state index in [2.05, 4.69) is 20.9 Å². The molecule has 1 aromatic rings. The van der Waals surface area contributed by atoms with Crippen molar-refractivity contribution in [3.05, 3.63) is 35.9 Å². The first-order valence-corrected chi connectivity index (χ1v) is 9.74. The Labute approximate surface area is 152 Å². The van der Waals surface area contributed by atoms with Gasteiger partial charge in [-0.05, 0) is 38.2 Å². The van der Waals surface area contributed by atoms with Crippen molar-refractivity contribution in [2.45, 2.75) is 51.6 Å². The van der Waals surface area contributed by atoms with E-state index < -0.39 is 12.0 Å². The minimum absolute atomic E-state index is 0.199. The normalized spacial score (nSPS) is 18.1. The number of nitrogens with zero attached hydrogens (tertiary/aromatic N) is 1. The molecule has 1 aliphatic carbocycles. The average molecular weight is 349 g/mol. The molecule has 2 atom stereocenters. The van der Waals surface area contributed by atoms with E-state index in [0.717, 1.165) is 55.4 Å². The van der Waals surface area contributed by atoms with Crippen molar-refractivity contribution in [1.29, 1.82) is 0 Å². The highest BCUT2D eigenvalue weighted by Crippen LogP contribution is 2.35. The summed E-state index contributed by atoms with van der Waals surface area (Å²) in [5.41, 5.74) is 0.857.